The van der Waals surface area contributed by atoms with Crippen LogP contribution in [0.15, 0.2) is 17.6 Å². The van der Waals surface area contributed by atoms with Gasteiger partial charge in [-0.25, -0.2) is 13.4 Å². The van der Waals surface area contributed by atoms with Crippen LogP contribution < -0.4 is 0 Å². The summed E-state index contributed by atoms with van der Waals surface area (Å²) in [6.45, 7) is 6.35. The molecule has 1 rings (SSSR count). The van der Waals surface area contributed by atoms with Crippen molar-refractivity contribution in [3.05, 3.63) is 12.5 Å². The number of aryl methyl sites for hydroxylation is 1. The molecule has 5 nitrogen and oxygen atoms in total. The Hall–Kier alpha value is -0.400. The van der Waals surface area contributed by atoms with Gasteiger partial charge in [-0.3, -0.25) is 0 Å². The molecule has 0 fully saturated rings. The largest absolute Gasteiger partial charge is 0.336 e. The molecule has 17 heavy (non-hydrogen) atoms. The molecule has 0 aromatic carbocycles. The van der Waals surface area contributed by atoms with Crippen molar-refractivity contribution >= 4 is 26.0 Å². The molecule has 0 radical (unpaired) electrons. The second kappa shape index (κ2) is 5.07. The van der Waals surface area contributed by atoms with Gasteiger partial charge in [-0.05, 0) is 20.8 Å². The molecule has 0 aliphatic rings. The van der Waals surface area contributed by atoms with Gasteiger partial charge in [0, 0.05) is 30.7 Å². The third kappa shape index (κ3) is 2.89. The zero-order valence-electron chi connectivity index (χ0n) is 10.5. The van der Waals surface area contributed by atoms with Crippen molar-refractivity contribution in [1.82, 2.24) is 13.9 Å². The van der Waals surface area contributed by atoms with Gasteiger partial charge in [0.2, 0.25) is 0 Å². The summed E-state index contributed by atoms with van der Waals surface area (Å²) in [6.07, 6.45) is 3.08. The number of alkyl halides is 1. The quantitative estimate of drug-likeness (QED) is 0.775. The highest BCUT2D eigenvalue weighted by atomic mass is 79.9. The second-order valence-electron chi connectivity index (χ2n) is 4.46. The highest BCUT2D eigenvalue weighted by Gasteiger charge is 2.34. The van der Waals surface area contributed by atoms with E-state index in [2.05, 4.69) is 20.9 Å². The van der Waals surface area contributed by atoms with Crippen molar-refractivity contribution in [1.29, 1.82) is 0 Å². The van der Waals surface area contributed by atoms with Crippen LogP contribution in [0.2, 0.25) is 0 Å². The fraction of sp³-hybridized carbons (Fsp3) is 0.700. The first kappa shape index (κ1) is 14.7. The van der Waals surface area contributed by atoms with E-state index in [-0.39, 0.29) is 5.03 Å². The Morgan fingerprint density at radius 2 is 2.12 bits per heavy atom. The maximum Gasteiger partial charge on any atom is 0.262 e. The fourth-order valence-electron chi connectivity index (χ4n) is 1.20. The van der Waals surface area contributed by atoms with Gasteiger partial charge in [-0.2, -0.15) is 4.31 Å². The number of aromatic nitrogens is 2. The van der Waals surface area contributed by atoms with Gasteiger partial charge in [-0.15, -0.1) is 0 Å². The maximum atomic E-state index is 12.3. The SMILES string of the molecule is CCn1cnc(S(=O)(=O)N(C)C(C)(C)CBr)c1. The minimum atomic E-state index is -3.53. The molecule has 0 N–H and O–H groups in total. The van der Waals surface area contributed by atoms with Gasteiger partial charge < -0.3 is 4.57 Å². The molecule has 0 bridgehead atoms. The van der Waals surface area contributed by atoms with Crippen molar-refractivity contribution < 1.29 is 8.42 Å². The molecule has 0 saturated carbocycles. The van der Waals surface area contributed by atoms with Gasteiger partial charge in [0.25, 0.3) is 10.0 Å². The summed E-state index contributed by atoms with van der Waals surface area (Å²) in [7, 11) is -1.96. The van der Waals surface area contributed by atoms with Crippen LogP contribution in [0.5, 0.6) is 0 Å². The zero-order chi connectivity index (χ0) is 13.3. The van der Waals surface area contributed by atoms with Gasteiger partial charge in [0.05, 0.1) is 6.33 Å². The number of imidazole rings is 1. The van der Waals surface area contributed by atoms with E-state index in [4.69, 9.17) is 0 Å². The van der Waals surface area contributed by atoms with Crippen LogP contribution in [0.1, 0.15) is 20.8 Å². The molecule has 0 atom stereocenters. The maximum absolute atomic E-state index is 12.3. The van der Waals surface area contributed by atoms with Crippen LogP contribution in [0.4, 0.5) is 0 Å². The van der Waals surface area contributed by atoms with Crippen molar-refractivity contribution in [3.63, 3.8) is 0 Å². The number of hydrogen-bond donors (Lipinski definition) is 0. The third-order valence-corrected chi connectivity index (χ3v) is 6.11. The van der Waals surface area contributed by atoms with Gasteiger partial charge >= 0.3 is 0 Å². The summed E-state index contributed by atoms with van der Waals surface area (Å²) in [4.78, 5) is 3.95. The summed E-state index contributed by atoms with van der Waals surface area (Å²) in [6, 6.07) is 0. The van der Waals surface area contributed by atoms with Crippen LogP contribution >= 0.6 is 15.9 Å². The molecule has 1 aromatic rings. The predicted molar refractivity (Wildman–Crippen MR) is 70.7 cm³/mol. The Bertz CT molecular complexity index is 481. The van der Waals surface area contributed by atoms with Gasteiger partial charge in [0.1, 0.15) is 0 Å². The van der Waals surface area contributed by atoms with Crippen LogP contribution in [-0.4, -0.2) is 40.2 Å². The minimum absolute atomic E-state index is 0.0934. The highest BCUT2D eigenvalue weighted by molar-refractivity contribution is 9.09. The lowest BCUT2D eigenvalue weighted by molar-refractivity contribution is 0.298. The monoisotopic (exact) mass is 323 g/mol. The minimum Gasteiger partial charge on any atom is -0.336 e. The average molecular weight is 324 g/mol. The van der Waals surface area contributed by atoms with E-state index in [1.54, 1.807) is 17.8 Å². The summed E-state index contributed by atoms with van der Waals surface area (Å²) >= 11 is 3.32. The molecular weight excluding hydrogens is 306 g/mol. The summed E-state index contributed by atoms with van der Waals surface area (Å²) < 4.78 is 27.7. The molecule has 1 heterocycles. The lowest BCUT2D eigenvalue weighted by Crippen LogP contribution is -2.46. The Morgan fingerprint density at radius 3 is 2.53 bits per heavy atom. The second-order valence-corrected chi connectivity index (χ2v) is 6.94. The number of nitrogens with zero attached hydrogens (tertiary/aromatic N) is 3. The van der Waals surface area contributed by atoms with E-state index in [1.165, 1.54) is 10.6 Å². The van der Waals surface area contributed by atoms with Crippen LogP contribution in [0.25, 0.3) is 0 Å². The number of rotatable bonds is 5. The van der Waals surface area contributed by atoms with Crippen molar-refractivity contribution in [2.45, 2.75) is 37.9 Å². The van der Waals surface area contributed by atoms with E-state index in [1.807, 2.05) is 20.8 Å². The Morgan fingerprint density at radius 1 is 1.53 bits per heavy atom. The first-order chi connectivity index (χ1) is 7.75. The van der Waals surface area contributed by atoms with Crippen LogP contribution in [-0.2, 0) is 16.6 Å². The zero-order valence-corrected chi connectivity index (χ0v) is 12.9. The van der Waals surface area contributed by atoms with Gasteiger partial charge in [0.15, 0.2) is 5.03 Å². The van der Waals surface area contributed by atoms with E-state index in [0.29, 0.717) is 11.9 Å². The number of halogens is 1. The first-order valence-corrected chi connectivity index (χ1v) is 7.88. The molecule has 0 spiro atoms. The molecule has 0 aliphatic heterocycles. The average Bonchev–Trinajstić information content (AvgIpc) is 2.77. The predicted octanol–water partition coefficient (Wildman–Crippen LogP) is 1.70. The molecule has 98 valence electrons. The highest BCUT2D eigenvalue weighted by Crippen LogP contribution is 2.23. The number of hydrogen-bond acceptors (Lipinski definition) is 3. The lowest BCUT2D eigenvalue weighted by Gasteiger charge is -2.32. The summed E-state index contributed by atoms with van der Waals surface area (Å²) in [5, 5.41) is 0.653. The molecule has 0 unspecified atom stereocenters. The molecular formula is C10H18BrN3O2S. The summed E-state index contributed by atoms with van der Waals surface area (Å²) in [5.74, 6) is 0. The van der Waals surface area contributed by atoms with Crippen molar-refractivity contribution in [2.24, 2.45) is 0 Å². The molecule has 0 aliphatic carbocycles. The molecule has 7 heteroatoms. The molecule has 0 saturated heterocycles. The molecule has 0 amide bonds. The lowest BCUT2D eigenvalue weighted by atomic mass is 10.1. The van der Waals surface area contributed by atoms with E-state index >= 15 is 0 Å². The van der Waals surface area contributed by atoms with E-state index < -0.39 is 15.6 Å². The smallest absolute Gasteiger partial charge is 0.262 e. The standard InChI is InChI=1S/C10H18BrN3O2S/c1-5-14-6-9(12-8-14)17(15,16)13(4)10(2,3)7-11/h6,8H,5,7H2,1-4H3. The van der Waals surface area contributed by atoms with Crippen LogP contribution in [0.3, 0.4) is 0 Å². The van der Waals surface area contributed by atoms with Crippen molar-refractivity contribution in [3.8, 4) is 0 Å². The van der Waals surface area contributed by atoms with Crippen LogP contribution in [0, 0.1) is 0 Å². The van der Waals surface area contributed by atoms with Gasteiger partial charge in [-0.1, -0.05) is 15.9 Å². The first-order valence-electron chi connectivity index (χ1n) is 5.32. The Kier molecular flexibility index (Phi) is 4.38. The normalized spacial score (nSPS) is 13.3. The number of sulfonamides is 1. The van der Waals surface area contributed by atoms with Crippen molar-refractivity contribution in [2.75, 3.05) is 12.4 Å². The third-order valence-electron chi connectivity index (χ3n) is 2.78. The van der Waals surface area contributed by atoms with E-state index in [0.717, 1.165) is 0 Å². The topological polar surface area (TPSA) is 55.2 Å². The fourth-order valence-corrected chi connectivity index (χ4v) is 3.18. The van der Waals surface area contributed by atoms with E-state index in [9.17, 15) is 8.42 Å². The molecule has 1 aromatic heterocycles. The Labute approximate surface area is 111 Å². The summed E-state index contributed by atoms with van der Waals surface area (Å²) in [5.41, 5.74) is -0.491. The Balaban J connectivity index is 3.11.